The van der Waals surface area contributed by atoms with Crippen LogP contribution in [0.5, 0.6) is 0 Å². The third-order valence-corrected chi connectivity index (χ3v) is 24.7. The lowest BCUT2D eigenvalue weighted by Gasteiger charge is -2.44. The van der Waals surface area contributed by atoms with Crippen LogP contribution in [0.4, 0.5) is 5.95 Å². The van der Waals surface area contributed by atoms with Crippen molar-refractivity contribution < 1.29 is 18.0 Å². The van der Waals surface area contributed by atoms with Crippen molar-refractivity contribution in [2.45, 2.75) is 141 Å². The van der Waals surface area contributed by atoms with Crippen LogP contribution in [0.3, 0.4) is 0 Å². The lowest BCUT2D eigenvalue weighted by Crippen LogP contribution is -2.54. The molecule has 4 N–H and O–H groups in total. The van der Waals surface area contributed by atoms with Crippen LogP contribution < -0.4 is 16.8 Å². The molecule has 4 rings (SSSR count). The fraction of sp³-hybridized carbons (Fsp3) is 0.657. The summed E-state index contributed by atoms with van der Waals surface area (Å²) in [6.07, 6.45) is -0.519. The highest BCUT2D eigenvalue weighted by atomic mass is 28.4. The van der Waals surface area contributed by atoms with Crippen LogP contribution >= 0.6 is 0 Å². The monoisotopic (exact) mass is 743 g/mol. The van der Waals surface area contributed by atoms with Gasteiger partial charge in [0.15, 0.2) is 48.2 Å². The Morgan fingerprint density at radius 1 is 0.900 bits per heavy atom. The van der Waals surface area contributed by atoms with E-state index in [4.69, 9.17) is 28.8 Å². The molecule has 3 aromatic rings. The number of hydrogen-bond donors (Lipinski definition) is 3. The summed E-state index contributed by atoms with van der Waals surface area (Å²) in [7, 11) is -6.91. The number of amidine groups is 1. The Morgan fingerprint density at radius 2 is 1.44 bits per heavy atom. The minimum Gasteiger partial charge on any atom is -0.414 e. The van der Waals surface area contributed by atoms with Crippen LogP contribution in [0.15, 0.2) is 46.4 Å². The van der Waals surface area contributed by atoms with Gasteiger partial charge in [0.25, 0.3) is 5.56 Å². The SMILES string of the molecule is CC(C)(C)[Si](C)(C)OC[C@H]1O[C@@H](n2cnc3c(=O)[nH]c(/N=C(\NN)c4ccccc4)nc32)[C@H](O[Si](C)(C)C(C)(C)C)[C@@H]1O[Si](C)(C)C(C)(C)C. The van der Waals surface area contributed by atoms with E-state index in [2.05, 4.69) is 122 Å². The van der Waals surface area contributed by atoms with E-state index >= 15 is 0 Å². The molecular weight excluding hydrogens is 683 g/mol. The number of hydrazine groups is 1. The van der Waals surface area contributed by atoms with Crippen LogP contribution in [0.1, 0.15) is 74.1 Å². The zero-order valence-electron chi connectivity index (χ0n) is 32.9. The minimum absolute atomic E-state index is 0.0111. The second-order valence-electron chi connectivity index (χ2n) is 18.0. The van der Waals surface area contributed by atoms with Gasteiger partial charge >= 0.3 is 0 Å². The van der Waals surface area contributed by atoms with Gasteiger partial charge in [0.1, 0.15) is 18.3 Å². The number of aromatic nitrogens is 4. The first-order valence-electron chi connectivity index (χ1n) is 17.5. The largest absolute Gasteiger partial charge is 0.414 e. The number of imidazole rings is 1. The molecule has 2 aromatic heterocycles. The first-order valence-corrected chi connectivity index (χ1v) is 26.2. The standard InChI is InChI=1S/C35H61N7O5Si3/c1-33(2,3)48(10,11)44-21-24-26(46-49(12,13)34(4,5)6)27(47-50(14,15)35(7,8)9)31(45-24)42-22-37-25-29(42)39-32(40-30(25)43)38-28(41-36)23-19-17-16-18-20-23/h16-20,22,24,26-27,31H,21,36H2,1-15H3,(H2,38,39,40,41,43)/t24-,26-,27-,31-/m1/s1. The molecule has 1 aliphatic heterocycles. The predicted molar refractivity (Wildman–Crippen MR) is 209 cm³/mol. The summed E-state index contributed by atoms with van der Waals surface area (Å²) < 4.78 is 30.2. The molecule has 3 heterocycles. The molecule has 0 unspecified atom stereocenters. The van der Waals surface area contributed by atoms with Crippen molar-refractivity contribution >= 4 is 47.9 Å². The molecule has 0 radical (unpaired) electrons. The minimum atomic E-state index is -2.40. The summed E-state index contributed by atoms with van der Waals surface area (Å²) in [6.45, 7) is 33.9. The number of ether oxygens (including phenoxy) is 1. The molecule has 1 saturated heterocycles. The fourth-order valence-electron chi connectivity index (χ4n) is 4.91. The van der Waals surface area contributed by atoms with E-state index in [1.165, 1.54) is 0 Å². The van der Waals surface area contributed by atoms with Crippen molar-refractivity contribution in [2.24, 2.45) is 10.8 Å². The molecule has 278 valence electrons. The third-order valence-electron chi connectivity index (χ3n) is 11.3. The number of nitrogens with two attached hydrogens (primary N) is 1. The van der Waals surface area contributed by atoms with E-state index in [1.54, 1.807) is 10.9 Å². The Balaban J connectivity index is 1.89. The zero-order valence-corrected chi connectivity index (χ0v) is 35.9. The highest BCUT2D eigenvalue weighted by Gasteiger charge is 2.55. The molecule has 50 heavy (non-hydrogen) atoms. The molecule has 1 aromatic carbocycles. The van der Waals surface area contributed by atoms with Crippen molar-refractivity contribution in [3.05, 3.63) is 52.6 Å². The number of hydrogen-bond acceptors (Lipinski definition) is 9. The predicted octanol–water partition coefficient (Wildman–Crippen LogP) is 7.36. The highest BCUT2D eigenvalue weighted by molar-refractivity contribution is 6.75. The van der Waals surface area contributed by atoms with Gasteiger partial charge in [-0.05, 0) is 54.4 Å². The van der Waals surface area contributed by atoms with Gasteiger partial charge in [-0.25, -0.2) is 10.8 Å². The maximum atomic E-state index is 13.4. The van der Waals surface area contributed by atoms with Gasteiger partial charge < -0.3 is 23.4 Å². The summed E-state index contributed by atoms with van der Waals surface area (Å²) in [5, 5.41) is -0.141. The summed E-state index contributed by atoms with van der Waals surface area (Å²) in [5.41, 5.74) is 3.43. The number of aromatic amines is 1. The lowest BCUT2D eigenvalue weighted by molar-refractivity contribution is -0.0470. The van der Waals surface area contributed by atoms with Gasteiger partial charge in [-0.15, -0.1) is 0 Å². The van der Waals surface area contributed by atoms with Gasteiger partial charge in [-0.2, -0.15) is 9.98 Å². The molecule has 15 heteroatoms. The van der Waals surface area contributed by atoms with Gasteiger partial charge in [0, 0.05) is 5.56 Å². The molecule has 0 bridgehead atoms. The molecule has 0 amide bonds. The Bertz CT molecular complexity index is 1720. The van der Waals surface area contributed by atoms with E-state index in [1.807, 2.05) is 30.3 Å². The summed E-state index contributed by atoms with van der Waals surface area (Å²) in [4.78, 5) is 30.0. The second-order valence-corrected chi connectivity index (χ2v) is 32.3. The molecule has 1 aliphatic rings. The van der Waals surface area contributed by atoms with Gasteiger partial charge in [-0.1, -0.05) is 92.6 Å². The normalized spacial score (nSPS) is 21.6. The number of rotatable bonds is 10. The van der Waals surface area contributed by atoms with Gasteiger partial charge in [0.2, 0.25) is 5.95 Å². The number of aliphatic imine (C=N–C) groups is 1. The Morgan fingerprint density at radius 3 is 1.96 bits per heavy atom. The third kappa shape index (κ3) is 8.41. The topological polar surface area (TPSA) is 151 Å². The Kier molecular flexibility index (Phi) is 11.4. The number of fused-ring (bicyclic) bond motifs is 1. The summed E-state index contributed by atoms with van der Waals surface area (Å²) in [5.74, 6) is 6.28. The van der Waals surface area contributed by atoms with Crippen LogP contribution in [0.25, 0.3) is 11.2 Å². The number of benzene rings is 1. The molecule has 4 atom stereocenters. The molecule has 0 aliphatic carbocycles. The highest BCUT2D eigenvalue weighted by Crippen LogP contribution is 2.47. The van der Waals surface area contributed by atoms with Crippen LogP contribution in [-0.2, 0) is 18.0 Å². The van der Waals surface area contributed by atoms with Crippen molar-refractivity contribution in [1.82, 2.24) is 24.9 Å². The van der Waals surface area contributed by atoms with Crippen LogP contribution in [0.2, 0.25) is 54.4 Å². The van der Waals surface area contributed by atoms with Gasteiger partial charge in [-0.3, -0.25) is 14.3 Å². The first-order chi connectivity index (χ1) is 22.8. The maximum absolute atomic E-state index is 13.4. The van der Waals surface area contributed by atoms with Crippen LogP contribution in [0, 0.1) is 0 Å². The van der Waals surface area contributed by atoms with E-state index in [0.717, 1.165) is 5.56 Å². The molecule has 1 fully saturated rings. The fourth-order valence-corrected chi connectivity index (χ4v) is 8.53. The number of nitrogens with one attached hydrogen (secondary N) is 2. The first kappa shape index (κ1) is 40.3. The van der Waals surface area contributed by atoms with E-state index in [9.17, 15) is 4.79 Å². The average molecular weight is 744 g/mol. The number of nitrogens with zero attached hydrogens (tertiary/aromatic N) is 4. The zero-order chi connectivity index (χ0) is 37.7. The average Bonchev–Trinajstić information content (AvgIpc) is 3.54. The summed E-state index contributed by atoms with van der Waals surface area (Å²) in [6, 6.07) is 9.39. The van der Waals surface area contributed by atoms with Crippen molar-refractivity contribution in [3.8, 4) is 0 Å². The van der Waals surface area contributed by atoms with E-state index in [-0.39, 0.29) is 26.6 Å². The second kappa shape index (κ2) is 14.1. The number of H-pyrrole nitrogens is 1. The van der Waals surface area contributed by atoms with Crippen molar-refractivity contribution in [1.29, 1.82) is 0 Å². The lowest BCUT2D eigenvalue weighted by atomic mass is 10.1. The van der Waals surface area contributed by atoms with Gasteiger partial charge in [0.05, 0.1) is 12.9 Å². The van der Waals surface area contributed by atoms with Crippen LogP contribution in [-0.4, -0.2) is 75.2 Å². The smallest absolute Gasteiger partial charge is 0.280 e. The van der Waals surface area contributed by atoms with Crippen molar-refractivity contribution in [3.63, 3.8) is 0 Å². The molecule has 0 saturated carbocycles. The quantitative estimate of drug-likeness (QED) is 0.0636. The summed E-state index contributed by atoms with van der Waals surface area (Å²) >= 11 is 0. The molecule has 12 nitrogen and oxygen atoms in total. The van der Waals surface area contributed by atoms with E-state index in [0.29, 0.717) is 18.1 Å². The van der Waals surface area contributed by atoms with Crippen molar-refractivity contribution in [2.75, 3.05) is 6.61 Å². The molecule has 0 spiro atoms. The Labute approximate surface area is 301 Å². The molecular formula is C35H61N7O5Si3. The maximum Gasteiger partial charge on any atom is 0.280 e. The van der Waals surface area contributed by atoms with E-state index < -0.39 is 55.1 Å². The Hall–Kier alpha value is -2.51.